The molecule has 17 heavy (non-hydrogen) atoms. The van der Waals surface area contributed by atoms with E-state index in [1.165, 1.54) is 6.07 Å². The number of halogens is 2. The summed E-state index contributed by atoms with van der Waals surface area (Å²) in [6.07, 6.45) is 3.17. The van der Waals surface area contributed by atoms with E-state index in [9.17, 15) is 13.6 Å². The van der Waals surface area contributed by atoms with Crippen molar-refractivity contribution in [2.24, 2.45) is 0 Å². The molecule has 1 fully saturated rings. The molecule has 0 bridgehead atoms. The van der Waals surface area contributed by atoms with Gasteiger partial charge in [0.05, 0.1) is 0 Å². The normalized spacial score (nSPS) is 15.2. The Labute approximate surface area is 98.2 Å². The van der Waals surface area contributed by atoms with Gasteiger partial charge in [-0.25, -0.2) is 13.6 Å². The summed E-state index contributed by atoms with van der Waals surface area (Å²) in [5.74, 6) is -1.78. The Morgan fingerprint density at radius 3 is 2.65 bits per heavy atom. The van der Waals surface area contributed by atoms with Gasteiger partial charge in [-0.2, -0.15) is 0 Å². The first-order valence-electron chi connectivity index (χ1n) is 5.63. The van der Waals surface area contributed by atoms with Crippen molar-refractivity contribution in [2.75, 3.05) is 0 Å². The highest BCUT2D eigenvalue weighted by Gasteiger charge is 2.18. The first kappa shape index (κ1) is 11.8. The molecule has 0 aliphatic heterocycles. The Kier molecular flexibility index (Phi) is 3.56. The number of rotatable bonds is 3. The van der Waals surface area contributed by atoms with Crippen LogP contribution >= 0.6 is 0 Å². The summed E-state index contributed by atoms with van der Waals surface area (Å²) in [4.78, 5) is 11.4. The third kappa shape index (κ3) is 3.15. The van der Waals surface area contributed by atoms with Gasteiger partial charge in [-0.1, -0.05) is 6.07 Å². The monoisotopic (exact) mass is 240 g/mol. The fourth-order valence-electron chi connectivity index (χ4n) is 1.62. The molecule has 0 spiro atoms. The van der Waals surface area contributed by atoms with Gasteiger partial charge in [-0.3, -0.25) is 0 Å². The summed E-state index contributed by atoms with van der Waals surface area (Å²) in [7, 11) is 0. The molecule has 0 unspecified atom stereocenters. The fraction of sp³-hybridized carbons (Fsp3) is 0.417. The fourth-order valence-corrected chi connectivity index (χ4v) is 1.62. The topological polar surface area (TPSA) is 41.1 Å². The molecule has 2 rings (SSSR count). The predicted molar refractivity (Wildman–Crippen MR) is 59.4 cm³/mol. The zero-order valence-electron chi connectivity index (χ0n) is 9.30. The van der Waals surface area contributed by atoms with Gasteiger partial charge in [-0.15, -0.1) is 0 Å². The lowest BCUT2D eigenvalue weighted by atomic mass is 9.93. The number of benzene rings is 1. The Hall–Kier alpha value is -1.65. The Balaban J connectivity index is 1.80. The molecule has 0 radical (unpaired) electrons. The van der Waals surface area contributed by atoms with Crippen molar-refractivity contribution in [1.82, 2.24) is 10.6 Å². The molecular weight excluding hydrogens is 226 g/mol. The third-order valence-corrected chi connectivity index (χ3v) is 2.88. The predicted octanol–water partition coefficient (Wildman–Crippen LogP) is 2.32. The third-order valence-electron chi connectivity index (χ3n) is 2.88. The molecule has 0 saturated heterocycles. The summed E-state index contributed by atoms with van der Waals surface area (Å²) < 4.78 is 25.5. The van der Waals surface area contributed by atoms with Crippen LogP contribution in [0.1, 0.15) is 24.8 Å². The first-order valence-corrected chi connectivity index (χ1v) is 5.63. The van der Waals surface area contributed by atoms with Crippen molar-refractivity contribution in [2.45, 2.75) is 31.8 Å². The number of carbonyl (C=O) groups is 1. The van der Waals surface area contributed by atoms with Crippen LogP contribution in [0.3, 0.4) is 0 Å². The minimum atomic E-state index is -0.899. The second-order valence-corrected chi connectivity index (χ2v) is 4.20. The Morgan fingerprint density at radius 1 is 1.29 bits per heavy atom. The molecule has 1 aliphatic carbocycles. The molecule has 2 amide bonds. The standard InChI is InChI=1S/C12H14F2N2O/c13-10-5-4-8(6-11(10)14)7-15-12(17)16-9-2-1-3-9/h4-6,9H,1-3,7H2,(H2,15,16,17). The number of urea groups is 1. The lowest BCUT2D eigenvalue weighted by molar-refractivity contribution is 0.228. The van der Waals surface area contributed by atoms with Crippen LogP contribution in [0, 0.1) is 11.6 Å². The average molecular weight is 240 g/mol. The second-order valence-electron chi connectivity index (χ2n) is 4.20. The molecule has 5 heteroatoms. The number of carbonyl (C=O) groups excluding carboxylic acids is 1. The Morgan fingerprint density at radius 2 is 2.06 bits per heavy atom. The first-order chi connectivity index (χ1) is 8.15. The van der Waals surface area contributed by atoms with Crippen molar-refractivity contribution in [3.63, 3.8) is 0 Å². The molecular formula is C12H14F2N2O. The Bertz CT molecular complexity index is 419. The quantitative estimate of drug-likeness (QED) is 0.836. The molecule has 3 nitrogen and oxygen atoms in total. The van der Waals surface area contributed by atoms with Crippen LogP contribution in [0.5, 0.6) is 0 Å². The lowest BCUT2D eigenvalue weighted by Crippen LogP contribution is -2.44. The number of nitrogens with one attached hydrogen (secondary N) is 2. The number of amides is 2. The highest BCUT2D eigenvalue weighted by molar-refractivity contribution is 5.74. The van der Waals surface area contributed by atoms with Gasteiger partial charge >= 0.3 is 6.03 Å². The molecule has 0 atom stereocenters. The minimum absolute atomic E-state index is 0.190. The summed E-state index contributed by atoms with van der Waals surface area (Å²) in [5, 5.41) is 5.40. The van der Waals surface area contributed by atoms with Crippen molar-refractivity contribution < 1.29 is 13.6 Å². The van der Waals surface area contributed by atoms with Gasteiger partial charge in [0.25, 0.3) is 0 Å². The number of hydrogen-bond acceptors (Lipinski definition) is 1. The maximum Gasteiger partial charge on any atom is 0.315 e. The minimum Gasteiger partial charge on any atom is -0.335 e. The zero-order chi connectivity index (χ0) is 12.3. The van der Waals surface area contributed by atoms with Gasteiger partial charge < -0.3 is 10.6 Å². The molecule has 0 aromatic heterocycles. The van der Waals surface area contributed by atoms with Crippen LogP contribution < -0.4 is 10.6 Å². The molecule has 1 aliphatic rings. The molecule has 1 aromatic rings. The van der Waals surface area contributed by atoms with Crippen LogP contribution in [0.4, 0.5) is 13.6 Å². The van der Waals surface area contributed by atoms with E-state index in [-0.39, 0.29) is 18.6 Å². The smallest absolute Gasteiger partial charge is 0.315 e. The van der Waals surface area contributed by atoms with Crippen molar-refractivity contribution >= 4 is 6.03 Å². The van der Waals surface area contributed by atoms with Crippen LogP contribution in [-0.2, 0) is 6.54 Å². The molecule has 2 N–H and O–H groups in total. The van der Waals surface area contributed by atoms with Crippen LogP contribution in [0.25, 0.3) is 0 Å². The van der Waals surface area contributed by atoms with Gasteiger partial charge in [-0.05, 0) is 37.0 Å². The van der Waals surface area contributed by atoms with Gasteiger partial charge in [0.15, 0.2) is 11.6 Å². The van der Waals surface area contributed by atoms with Crippen molar-refractivity contribution in [3.8, 4) is 0 Å². The molecule has 1 saturated carbocycles. The van der Waals surface area contributed by atoms with Crippen molar-refractivity contribution in [1.29, 1.82) is 0 Å². The lowest BCUT2D eigenvalue weighted by Gasteiger charge is -2.26. The maximum absolute atomic E-state index is 12.9. The van der Waals surface area contributed by atoms with Gasteiger partial charge in [0.1, 0.15) is 0 Å². The van der Waals surface area contributed by atoms with E-state index < -0.39 is 11.6 Å². The van der Waals surface area contributed by atoms with Gasteiger partial charge in [0.2, 0.25) is 0 Å². The molecule has 1 aromatic carbocycles. The van der Waals surface area contributed by atoms with Crippen LogP contribution in [0.2, 0.25) is 0 Å². The van der Waals surface area contributed by atoms with E-state index in [1.807, 2.05) is 0 Å². The van der Waals surface area contributed by atoms with Crippen molar-refractivity contribution in [3.05, 3.63) is 35.4 Å². The maximum atomic E-state index is 12.9. The summed E-state index contributed by atoms with van der Waals surface area (Å²) in [5.41, 5.74) is 0.535. The highest BCUT2D eigenvalue weighted by Crippen LogP contribution is 2.17. The van der Waals surface area contributed by atoms with E-state index in [2.05, 4.69) is 10.6 Å². The summed E-state index contributed by atoms with van der Waals surface area (Å²) in [6, 6.07) is 3.58. The second kappa shape index (κ2) is 5.12. The molecule has 0 heterocycles. The molecule has 92 valence electrons. The van der Waals surface area contributed by atoms with Crippen LogP contribution in [-0.4, -0.2) is 12.1 Å². The largest absolute Gasteiger partial charge is 0.335 e. The van der Waals surface area contributed by atoms with E-state index in [0.717, 1.165) is 31.4 Å². The summed E-state index contributed by atoms with van der Waals surface area (Å²) >= 11 is 0. The highest BCUT2D eigenvalue weighted by atomic mass is 19.2. The van der Waals surface area contributed by atoms with Crippen LogP contribution in [0.15, 0.2) is 18.2 Å². The van der Waals surface area contributed by atoms with E-state index >= 15 is 0 Å². The SMILES string of the molecule is O=C(NCc1ccc(F)c(F)c1)NC1CCC1. The van der Waals surface area contributed by atoms with Gasteiger partial charge in [0, 0.05) is 12.6 Å². The number of hydrogen-bond donors (Lipinski definition) is 2. The summed E-state index contributed by atoms with van der Waals surface area (Å²) in [6.45, 7) is 0.190. The van der Waals surface area contributed by atoms with E-state index in [0.29, 0.717) is 5.56 Å². The average Bonchev–Trinajstić information content (AvgIpc) is 2.25. The zero-order valence-corrected chi connectivity index (χ0v) is 9.30. The van der Waals surface area contributed by atoms with E-state index in [1.54, 1.807) is 0 Å². The van der Waals surface area contributed by atoms with E-state index in [4.69, 9.17) is 0 Å².